The molecule has 1 heterocycles. The quantitative estimate of drug-likeness (QED) is 0.724. The van der Waals surface area contributed by atoms with Gasteiger partial charge in [0.15, 0.2) is 0 Å². The topological polar surface area (TPSA) is 15.7 Å². The second-order valence-corrected chi connectivity index (χ2v) is 5.35. The Balaban J connectivity index is 1.70. The van der Waals surface area contributed by atoms with Crippen LogP contribution in [-0.2, 0) is 4.74 Å². The van der Waals surface area contributed by atoms with Crippen molar-refractivity contribution < 1.29 is 4.74 Å². The van der Waals surface area contributed by atoms with Crippen LogP contribution in [0.5, 0.6) is 0 Å². The van der Waals surface area contributed by atoms with Crippen molar-refractivity contribution >= 4 is 0 Å². The van der Waals surface area contributed by atoms with Gasteiger partial charge in [-0.1, -0.05) is 6.92 Å². The van der Waals surface area contributed by atoms with Crippen LogP contribution < -0.4 is 0 Å². The van der Waals surface area contributed by atoms with E-state index in [0.717, 1.165) is 25.2 Å². The molecule has 0 bridgehead atoms. The molecule has 0 amide bonds. The van der Waals surface area contributed by atoms with Crippen molar-refractivity contribution in [2.24, 2.45) is 0 Å². The van der Waals surface area contributed by atoms with E-state index in [0.29, 0.717) is 6.10 Å². The van der Waals surface area contributed by atoms with Crippen molar-refractivity contribution in [2.45, 2.75) is 50.8 Å². The zero-order valence-electron chi connectivity index (χ0n) is 11.0. The Labute approximate surface area is 99.7 Å². The maximum atomic E-state index is 5.33. The van der Waals surface area contributed by atoms with E-state index in [4.69, 9.17) is 4.74 Å². The van der Waals surface area contributed by atoms with Crippen molar-refractivity contribution in [2.75, 3.05) is 33.8 Å². The van der Waals surface area contributed by atoms with E-state index in [1.807, 2.05) is 7.11 Å². The molecule has 3 nitrogen and oxygen atoms in total. The summed E-state index contributed by atoms with van der Waals surface area (Å²) in [7, 11) is 4.09. The van der Waals surface area contributed by atoms with Crippen LogP contribution in [0.4, 0.5) is 0 Å². The van der Waals surface area contributed by atoms with Crippen LogP contribution >= 0.6 is 0 Å². The Bertz CT molecular complexity index is 208. The average Bonchev–Trinajstić information content (AvgIpc) is 2.27. The summed E-state index contributed by atoms with van der Waals surface area (Å²) in [6, 6.07) is 1.67. The summed E-state index contributed by atoms with van der Waals surface area (Å²) in [4.78, 5) is 5.11. The zero-order valence-corrected chi connectivity index (χ0v) is 11.0. The smallest absolute Gasteiger partial charge is 0.0825 e. The average molecular weight is 226 g/mol. The second kappa shape index (κ2) is 5.48. The van der Waals surface area contributed by atoms with E-state index in [9.17, 15) is 0 Å². The lowest BCUT2D eigenvalue weighted by Crippen LogP contribution is -2.57. The summed E-state index contributed by atoms with van der Waals surface area (Å²) >= 11 is 0. The molecular weight excluding hydrogens is 200 g/mol. The van der Waals surface area contributed by atoms with Gasteiger partial charge in [-0.15, -0.1) is 0 Å². The molecule has 16 heavy (non-hydrogen) atoms. The fraction of sp³-hybridized carbons (Fsp3) is 1.00. The number of ether oxygens (including phenoxy) is 1. The maximum Gasteiger partial charge on any atom is 0.0825 e. The molecule has 2 fully saturated rings. The van der Waals surface area contributed by atoms with Gasteiger partial charge in [0.25, 0.3) is 0 Å². The molecule has 0 atom stereocenters. The molecule has 0 aromatic rings. The first-order valence-corrected chi connectivity index (χ1v) is 6.71. The van der Waals surface area contributed by atoms with Crippen molar-refractivity contribution in [1.82, 2.24) is 9.80 Å². The van der Waals surface area contributed by atoms with E-state index in [1.54, 1.807) is 0 Å². The Morgan fingerprint density at radius 2 is 1.81 bits per heavy atom. The summed E-state index contributed by atoms with van der Waals surface area (Å²) in [5, 5.41) is 0. The highest BCUT2D eigenvalue weighted by molar-refractivity contribution is 4.90. The Morgan fingerprint density at radius 3 is 2.31 bits per heavy atom. The predicted octanol–water partition coefficient (Wildman–Crippen LogP) is 1.58. The summed E-state index contributed by atoms with van der Waals surface area (Å²) < 4.78 is 5.33. The third kappa shape index (κ3) is 2.58. The first-order valence-electron chi connectivity index (χ1n) is 6.71. The lowest BCUT2D eigenvalue weighted by atomic mass is 9.87. The largest absolute Gasteiger partial charge is 0.379 e. The molecule has 0 N–H and O–H groups in total. The monoisotopic (exact) mass is 226 g/mol. The minimum atomic E-state index is 0.510. The Hall–Kier alpha value is -0.120. The van der Waals surface area contributed by atoms with Crippen molar-refractivity contribution in [1.29, 1.82) is 0 Å². The van der Waals surface area contributed by atoms with Gasteiger partial charge >= 0.3 is 0 Å². The molecule has 1 saturated carbocycles. The molecule has 0 aromatic carbocycles. The highest BCUT2D eigenvalue weighted by atomic mass is 16.5. The van der Waals surface area contributed by atoms with Crippen LogP contribution in [0.1, 0.15) is 32.6 Å². The van der Waals surface area contributed by atoms with Crippen molar-refractivity contribution in [3.05, 3.63) is 0 Å². The number of nitrogens with zero attached hydrogens (tertiary/aromatic N) is 2. The third-order valence-electron chi connectivity index (χ3n) is 4.51. The molecule has 94 valence electrons. The first kappa shape index (κ1) is 12.3. The van der Waals surface area contributed by atoms with Gasteiger partial charge in [0.2, 0.25) is 0 Å². The molecular formula is C13H26N2O. The normalized spacial score (nSPS) is 33.0. The van der Waals surface area contributed by atoms with Gasteiger partial charge in [0, 0.05) is 32.3 Å². The van der Waals surface area contributed by atoms with Crippen LogP contribution in [-0.4, -0.2) is 61.8 Å². The van der Waals surface area contributed by atoms with Gasteiger partial charge in [-0.25, -0.2) is 0 Å². The van der Waals surface area contributed by atoms with E-state index >= 15 is 0 Å². The molecule has 0 spiro atoms. The zero-order chi connectivity index (χ0) is 11.5. The lowest BCUT2D eigenvalue weighted by molar-refractivity contribution is -0.0606. The van der Waals surface area contributed by atoms with Gasteiger partial charge < -0.3 is 9.64 Å². The summed E-state index contributed by atoms with van der Waals surface area (Å²) in [6.07, 6.45) is 6.03. The highest BCUT2D eigenvalue weighted by Crippen LogP contribution is 2.29. The Kier molecular flexibility index (Phi) is 4.22. The van der Waals surface area contributed by atoms with Crippen LogP contribution in [0, 0.1) is 0 Å². The van der Waals surface area contributed by atoms with Gasteiger partial charge in [-0.05, 0) is 39.3 Å². The molecule has 2 rings (SSSR count). The molecule has 0 unspecified atom stereocenters. The van der Waals surface area contributed by atoms with Crippen molar-refractivity contribution in [3.63, 3.8) is 0 Å². The van der Waals surface area contributed by atoms with Gasteiger partial charge in [-0.2, -0.15) is 0 Å². The SMILES string of the molecule is CCN(C)C1CCC(N2CC(OC)C2)CC1. The minimum Gasteiger partial charge on any atom is -0.379 e. The van der Waals surface area contributed by atoms with E-state index in [2.05, 4.69) is 23.8 Å². The van der Waals surface area contributed by atoms with Crippen LogP contribution in [0.15, 0.2) is 0 Å². The van der Waals surface area contributed by atoms with Crippen LogP contribution in [0.2, 0.25) is 0 Å². The lowest BCUT2D eigenvalue weighted by Gasteiger charge is -2.46. The predicted molar refractivity (Wildman–Crippen MR) is 66.7 cm³/mol. The molecule has 0 radical (unpaired) electrons. The molecule has 1 aliphatic heterocycles. The fourth-order valence-electron chi connectivity index (χ4n) is 3.04. The number of hydrogen-bond donors (Lipinski definition) is 0. The first-order chi connectivity index (χ1) is 7.74. The number of methoxy groups -OCH3 is 1. The summed E-state index contributed by atoms with van der Waals surface area (Å²) in [5.74, 6) is 0. The Morgan fingerprint density at radius 1 is 1.19 bits per heavy atom. The molecule has 1 aliphatic carbocycles. The number of rotatable bonds is 4. The molecule has 1 saturated heterocycles. The highest BCUT2D eigenvalue weighted by Gasteiger charge is 2.34. The molecule has 3 heteroatoms. The van der Waals surface area contributed by atoms with Gasteiger partial charge in [0.1, 0.15) is 0 Å². The van der Waals surface area contributed by atoms with E-state index < -0.39 is 0 Å². The molecule has 0 aromatic heterocycles. The third-order valence-corrected chi connectivity index (χ3v) is 4.51. The molecule has 2 aliphatic rings. The standard InChI is InChI=1S/C13H26N2O/c1-4-14(2)11-5-7-12(8-6-11)15-9-13(10-15)16-3/h11-13H,4-10H2,1-3H3. The van der Waals surface area contributed by atoms with Gasteiger partial charge in [0.05, 0.1) is 6.10 Å². The van der Waals surface area contributed by atoms with E-state index in [1.165, 1.54) is 32.2 Å². The number of likely N-dealkylation sites (tertiary alicyclic amines) is 1. The van der Waals surface area contributed by atoms with Crippen molar-refractivity contribution in [3.8, 4) is 0 Å². The second-order valence-electron chi connectivity index (χ2n) is 5.35. The van der Waals surface area contributed by atoms with E-state index in [-0.39, 0.29) is 0 Å². The summed E-state index contributed by atoms with van der Waals surface area (Å²) in [5.41, 5.74) is 0. The summed E-state index contributed by atoms with van der Waals surface area (Å²) in [6.45, 7) is 5.76. The van der Waals surface area contributed by atoms with Gasteiger partial charge in [-0.3, -0.25) is 4.90 Å². The number of hydrogen-bond acceptors (Lipinski definition) is 3. The maximum absolute atomic E-state index is 5.33. The van der Waals surface area contributed by atoms with Crippen LogP contribution in [0.3, 0.4) is 0 Å². The minimum absolute atomic E-state index is 0.510. The van der Waals surface area contributed by atoms with Crippen LogP contribution in [0.25, 0.3) is 0 Å². The fourth-order valence-corrected chi connectivity index (χ4v) is 3.04.